The number of carbonyl (C=O) groups excluding carboxylic acids is 1. The maximum Gasteiger partial charge on any atom is 0.418 e. The van der Waals surface area contributed by atoms with E-state index in [2.05, 4.69) is 10.3 Å². The summed E-state index contributed by atoms with van der Waals surface area (Å²) in [6.07, 6.45) is -4.54. The second-order valence-electron chi connectivity index (χ2n) is 5.65. The Morgan fingerprint density at radius 1 is 0.926 bits per heavy atom. The number of aromatic nitrogens is 1. The summed E-state index contributed by atoms with van der Waals surface area (Å²) in [5, 5.41) is 3.13. The minimum Gasteiger partial charge on any atom is -0.321 e. The number of benzene rings is 2. The number of hydrogen-bond acceptors (Lipinski definition) is 4. The first-order valence-corrected chi connectivity index (χ1v) is 9.48. The van der Waals surface area contributed by atoms with Crippen molar-refractivity contribution < 1.29 is 18.0 Å². The maximum absolute atomic E-state index is 13.1. The summed E-state index contributed by atoms with van der Waals surface area (Å²) >= 11 is 2.70. The summed E-state index contributed by atoms with van der Waals surface area (Å²) in [7, 11) is 0. The van der Waals surface area contributed by atoms with Gasteiger partial charge in [-0.2, -0.15) is 13.2 Å². The fraction of sp³-hybridized carbons (Fsp3) is 0.0526. The van der Waals surface area contributed by atoms with E-state index in [1.54, 1.807) is 12.1 Å². The van der Waals surface area contributed by atoms with E-state index in [4.69, 9.17) is 0 Å². The van der Waals surface area contributed by atoms with Crippen LogP contribution >= 0.6 is 22.7 Å². The van der Waals surface area contributed by atoms with Crippen LogP contribution in [0, 0.1) is 0 Å². The summed E-state index contributed by atoms with van der Waals surface area (Å²) in [4.78, 5) is 18.1. The van der Waals surface area contributed by atoms with Crippen molar-refractivity contribution in [1.82, 2.24) is 4.98 Å². The molecule has 2 aromatic carbocycles. The van der Waals surface area contributed by atoms with Crippen molar-refractivity contribution in [2.75, 3.05) is 5.32 Å². The average Bonchev–Trinajstić information content (AvgIpc) is 3.28. The third-order valence-corrected chi connectivity index (χ3v) is 6.10. The van der Waals surface area contributed by atoms with Gasteiger partial charge in [-0.3, -0.25) is 4.79 Å². The van der Waals surface area contributed by atoms with Gasteiger partial charge in [0, 0.05) is 0 Å². The molecule has 0 saturated heterocycles. The monoisotopic (exact) mass is 404 g/mol. The average molecular weight is 404 g/mol. The normalized spacial score (nSPS) is 11.7. The number of thiazole rings is 1. The Balaban J connectivity index is 1.60. The highest BCUT2D eigenvalue weighted by atomic mass is 32.1. The number of halogens is 3. The van der Waals surface area contributed by atoms with E-state index in [1.807, 2.05) is 24.3 Å². The molecule has 1 N–H and O–H groups in total. The predicted octanol–water partition coefficient (Wildman–Crippen LogP) is 6.30. The van der Waals surface area contributed by atoms with Gasteiger partial charge >= 0.3 is 6.18 Å². The van der Waals surface area contributed by atoms with Crippen LogP contribution in [0.1, 0.15) is 15.2 Å². The molecule has 0 radical (unpaired) electrons. The Hall–Kier alpha value is -2.71. The quantitative estimate of drug-likeness (QED) is 0.436. The topological polar surface area (TPSA) is 42.0 Å². The van der Waals surface area contributed by atoms with Crippen LogP contribution in [-0.2, 0) is 6.18 Å². The zero-order valence-corrected chi connectivity index (χ0v) is 15.2. The third-order valence-electron chi connectivity index (χ3n) is 3.82. The lowest BCUT2D eigenvalue weighted by molar-refractivity contribution is -0.136. The van der Waals surface area contributed by atoms with E-state index >= 15 is 0 Å². The lowest BCUT2D eigenvalue weighted by Crippen LogP contribution is -2.15. The Kier molecular flexibility index (Phi) is 4.45. The summed E-state index contributed by atoms with van der Waals surface area (Å²) in [6.45, 7) is 0. The molecular weight excluding hydrogens is 393 g/mol. The van der Waals surface area contributed by atoms with Gasteiger partial charge in [-0.1, -0.05) is 24.3 Å². The van der Waals surface area contributed by atoms with E-state index < -0.39 is 17.6 Å². The SMILES string of the molecule is O=C(Nc1ccccc1C(F)(F)F)c1ccc(-c2nc3ccccc3s2)s1. The number of rotatable bonds is 3. The molecule has 0 aliphatic heterocycles. The van der Waals surface area contributed by atoms with Gasteiger partial charge in [-0.15, -0.1) is 22.7 Å². The number of nitrogens with zero attached hydrogens (tertiary/aromatic N) is 1. The Labute approximate surface area is 160 Å². The molecule has 8 heteroatoms. The maximum atomic E-state index is 13.1. The molecule has 0 unspecified atom stereocenters. The Morgan fingerprint density at radius 3 is 2.44 bits per heavy atom. The molecule has 0 saturated carbocycles. The minimum atomic E-state index is -4.54. The van der Waals surface area contributed by atoms with Crippen molar-refractivity contribution in [1.29, 1.82) is 0 Å². The van der Waals surface area contributed by atoms with Gasteiger partial charge in [0.05, 0.1) is 31.2 Å². The van der Waals surface area contributed by atoms with Crippen molar-refractivity contribution in [2.45, 2.75) is 6.18 Å². The zero-order chi connectivity index (χ0) is 19.0. The summed E-state index contributed by atoms with van der Waals surface area (Å²) in [5.74, 6) is -0.580. The number of fused-ring (bicyclic) bond motifs is 1. The van der Waals surface area contributed by atoms with Gasteiger partial charge in [-0.05, 0) is 36.4 Å². The van der Waals surface area contributed by atoms with Crippen molar-refractivity contribution in [2.24, 2.45) is 0 Å². The molecule has 3 nitrogen and oxygen atoms in total. The van der Waals surface area contributed by atoms with Crippen LogP contribution in [0.25, 0.3) is 20.1 Å². The lowest BCUT2D eigenvalue weighted by atomic mass is 10.1. The first-order valence-electron chi connectivity index (χ1n) is 7.85. The summed E-state index contributed by atoms with van der Waals surface area (Å²) in [5.41, 5.74) is -0.262. The smallest absolute Gasteiger partial charge is 0.321 e. The van der Waals surface area contributed by atoms with Gasteiger partial charge in [0.2, 0.25) is 0 Å². The zero-order valence-electron chi connectivity index (χ0n) is 13.6. The van der Waals surface area contributed by atoms with Crippen LogP contribution < -0.4 is 5.32 Å². The van der Waals surface area contributed by atoms with Crippen LogP contribution in [0.3, 0.4) is 0 Å². The molecule has 4 aromatic rings. The molecule has 4 rings (SSSR count). The highest BCUT2D eigenvalue weighted by molar-refractivity contribution is 7.26. The van der Waals surface area contributed by atoms with E-state index in [0.717, 1.165) is 26.2 Å². The lowest BCUT2D eigenvalue weighted by Gasteiger charge is -2.12. The number of alkyl halides is 3. The van der Waals surface area contributed by atoms with E-state index in [0.29, 0.717) is 4.88 Å². The second-order valence-corrected chi connectivity index (χ2v) is 7.76. The fourth-order valence-electron chi connectivity index (χ4n) is 2.58. The van der Waals surface area contributed by atoms with Crippen LogP contribution in [0.4, 0.5) is 18.9 Å². The molecule has 136 valence electrons. The number of nitrogens with one attached hydrogen (secondary N) is 1. The van der Waals surface area contributed by atoms with Crippen LogP contribution in [0.15, 0.2) is 60.7 Å². The van der Waals surface area contributed by atoms with Gasteiger partial charge < -0.3 is 5.32 Å². The number of carbonyl (C=O) groups is 1. The number of anilines is 1. The van der Waals surface area contributed by atoms with Crippen molar-refractivity contribution in [3.63, 3.8) is 0 Å². The number of hydrogen-bond donors (Lipinski definition) is 1. The number of thiophene rings is 1. The molecule has 2 aromatic heterocycles. The molecule has 2 heterocycles. The summed E-state index contributed by atoms with van der Waals surface area (Å²) in [6, 6.07) is 16.0. The standard InChI is InChI=1S/C19H11F3N2OS2/c20-19(21,22)11-5-1-2-6-12(11)23-17(25)15-9-10-16(26-15)18-24-13-7-3-4-8-14(13)27-18/h1-10H,(H,23,25). The molecule has 1 amide bonds. The van der Waals surface area contributed by atoms with Crippen LogP contribution in [0.2, 0.25) is 0 Å². The molecule has 0 fully saturated rings. The van der Waals surface area contributed by atoms with Crippen LogP contribution in [-0.4, -0.2) is 10.9 Å². The molecule has 0 aliphatic carbocycles. The summed E-state index contributed by atoms with van der Waals surface area (Å²) < 4.78 is 40.3. The van der Waals surface area contributed by atoms with Crippen molar-refractivity contribution >= 4 is 44.5 Å². The van der Waals surface area contributed by atoms with Crippen molar-refractivity contribution in [3.05, 3.63) is 71.1 Å². The van der Waals surface area contributed by atoms with Gasteiger partial charge in [0.1, 0.15) is 5.01 Å². The second kappa shape index (κ2) is 6.79. The van der Waals surface area contributed by atoms with Crippen molar-refractivity contribution in [3.8, 4) is 9.88 Å². The van der Waals surface area contributed by atoms with Gasteiger partial charge in [-0.25, -0.2) is 4.98 Å². The molecule has 0 bridgehead atoms. The van der Waals surface area contributed by atoms with E-state index in [9.17, 15) is 18.0 Å². The Morgan fingerprint density at radius 2 is 1.67 bits per heavy atom. The van der Waals surface area contributed by atoms with Crippen LogP contribution in [0.5, 0.6) is 0 Å². The highest BCUT2D eigenvalue weighted by Gasteiger charge is 2.33. The largest absolute Gasteiger partial charge is 0.418 e. The predicted molar refractivity (Wildman–Crippen MR) is 102 cm³/mol. The molecule has 27 heavy (non-hydrogen) atoms. The van der Waals surface area contributed by atoms with Gasteiger partial charge in [0.15, 0.2) is 0 Å². The minimum absolute atomic E-state index is 0.259. The fourth-order valence-corrected chi connectivity index (χ4v) is 4.50. The number of amides is 1. The molecule has 0 aliphatic rings. The van der Waals surface area contributed by atoms with E-state index in [1.165, 1.54) is 40.9 Å². The first kappa shape index (κ1) is 17.7. The van der Waals surface area contributed by atoms with E-state index in [-0.39, 0.29) is 5.69 Å². The number of para-hydroxylation sites is 2. The highest BCUT2D eigenvalue weighted by Crippen LogP contribution is 2.36. The third kappa shape index (κ3) is 3.58. The Bertz CT molecular complexity index is 1100. The molecular formula is C19H11F3N2OS2. The molecule has 0 atom stereocenters. The molecule has 0 spiro atoms. The van der Waals surface area contributed by atoms with Gasteiger partial charge in [0.25, 0.3) is 5.91 Å². The first-order chi connectivity index (χ1) is 12.9.